The fourth-order valence-corrected chi connectivity index (χ4v) is 5.21. The lowest BCUT2D eigenvalue weighted by molar-refractivity contribution is -0.130. The number of aromatic amines is 1. The van der Waals surface area contributed by atoms with Crippen LogP contribution in [-0.4, -0.2) is 85.2 Å². The normalized spacial score (nSPS) is 15.1. The summed E-state index contributed by atoms with van der Waals surface area (Å²) in [6.07, 6.45) is 3.51. The van der Waals surface area contributed by atoms with E-state index in [1.165, 1.54) is 6.21 Å². The minimum Gasteiger partial charge on any atom is -0.439 e. The van der Waals surface area contributed by atoms with Gasteiger partial charge in [0.1, 0.15) is 12.5 Å². The molecule has 1 saturated heterocycles. The van der Waals surface area contributed by atoms with Crippen LogP contribution in [0.2, 0.25) is 25.7 Å². The van der Waals surface area contributed by atoms with E-state index in [0.717, 1.165) is 66.6 Å². The van der Waals surface area contributed by atoms with Crippen LogP contribution < -0.4 is 4.74 Å². The maximum Gasteiger partial charge on any atom is 0.219 e. The molecule has 0 radical (unpaired) electrons. The largest absolute Gasteiger partial charge is 0.439 e. The van der Waals surface area contributed by atoms with Gasteiger partial charge in [-0.15, -0.1) is 0 Å². The summed E-state index contributed by atoms with van der Waals surface area (Å²) in [4.78, 5) is 28.4. The first-order valence-electron chi connectivity index (χ1n) is 13.5. The molecule has 0 spiro atoms. The molecule has 2 N–H and O–H groups in total. The van der Waals surface area contributed by atoms with E-state index < -0.39 is 8.07 Å². The molecule has 9 nitrogen and oxygen atoms in total. The number of piperazine rings is 1. The Morgan fingerprint density at radius 1 is 1.15 bits per heavy atom. The van der Waals surface area contributed by atoms with Crippen molar-refractivity contribution in [2.45, 2.75) is 45.6 Å². The highest BCUT2D eigenvalue weighted by Crippen LogP contribution is 2.26. The quantitative estimate of drug-likeness (QED) is 0.185. The lowest BCUT2D eigenvalue weighted by atomic mass is 10.1. The van der Waals surface area contributed by atoms with Crippen LogP contribution in [0, 0.1) is 5.41 Å². The number of aliphatic imine (C=N–C) groups is 1. The first-order chi connectivity index (χ1) is 18.7. The van der Waals surface area contributed by atoms with E-state index in [2.05, 4.69) is 45.6 Å². The average molecular weight is 549 g/mol. The van der Waals surface area contributed by atoms with Gasteiger partial charge in [0.2, 0.25) is 11.8 Å². The average Bonchev–Trinajstić information content (AvgIpc) is 3.29. The van der Waals surface area contributed by atoms with Crippen molar-refractivity contribution in [3.05, 3.63) is 53.9 Å². The van der Waals surface area contributed by atoms with E-state index in [4.69, 9.17) is 14.9 Å². The second kappa shape index (κ2) is 13.1. The van der Waals surface area contributed by atoms with E-state index in [1.54, 1.807) is 13.1 Å². The maximum atomic E-state index is 11.6. The summed E-state index contributed by atoms with van der Waals surface area (Å²) in [7, 11) is -1.13. The molecule has 39 heavy (non-hydrogen) atoms. The summed E-state index contributed by atoms with van der Waals surface area (Å²) in [5.74, 6) is 1.36. The van der Waals surface area contributed by atoms with E-state index in [9.17, 15) is 4.79 Å². The third-order valence-electron chi connectivity index (χ3n) is 6.79. The highest BCUT2D eigenvalue weighted by atomic mass is 28.3. The van der Waals surface area contributed by atoms with Crippen molar-refractivity contribution >= 4 is 36.8 Å². The van der Waals surface area contributed by atoms with Crippen molar-refractivity contribution in [1.82, 2.24) is 19.8 Å². The zero-order valence-electron chi connectivity index (χ0n) is 23.5. The molecule has 0 unspecified atom stereocenters. The molecule has 1 fully saturated rings. The third-order valence-corrected chi connectivity index (χ3v) is 8.49. The molecule has 0 saturated carbocycles. The minimum absolute atomic E-state index is 0.148. The molecule has 10 heteroatoms. The fourth-order valence-electron chi connectivity index (χ4n) is 4.45. The van der Waals surface area contributed by atoms with Gasteiger partial charge in [-0.1, -0.05) is 19.6 Å². The van der Waals surface area contributed by atoms with Gasteiger partial charge in [0, 0.05) is 101 Å². The van der Waals surface area contributed by atoms with E-state index >= 15 is 0 Å². The number of aromatic nitrogens is 2. The third kappa shape index (κ3) is 8.57. The first-order valence-corrected chi connectivity index (χ1v) is 17.2. The summed E-state index contributed by atoms with van der Waals surface area (Å²) < 4.78 is 11.8. The number of ether oxygens (including phenoxy) is 2. The Balaban J connectivity index is 1.34. The van der Waals surface area contributed by atoms with Gasteiger partial charge in [0.25, 0.3) is 0 Å². The van der Waals surface area contributed by atoms with Gasteiger partial charge in [-0.3, -0.25) is 14.7 Å². The van der Waals surface area contributed by atoms with Crippen molar-refractivity contribution < 1.29 is 14.3 Å². The van der Waals surface area contributed by atoms with E-state index in [-0.39, 0.29) is 5.91 Å². The standard InChI is InChI=1S/C29H40N6O3Si/c1-22(36)35-13-11-34(12-14-35)20-25-17-24-18-26(6-7-28(24)33-25)38-29-8-5-23(19-31-29)27(9-10-30)32-21-37-15-16-39(2,3)4/h5-8,10,17-19,30,33H,9,11-16,20-21H2,1-4H3. The van der Waals surface area contributed by atoms with Crippen LogP contribution >= 0.6 is 0 Å². The zero-order chi connectivity index (χ0) is 27.8. The number of fused-ring (bicyclic) bond motifs is 1. The molecule has 1 aliphatic heterocycles. The number of hydrogen-bond acceptors (Lipinski definition) is 7. The summed E-state index contributed by atoms with van der Waals surface area (Å²) in [6.45, 7) is 13.7. The highest BCUT2D eigenvalue weighted by Gasteiger charge is 2.19. The molecule has 1 aromatic carbocycles. The van der Waals surface area contributed by atoms with Crippen LogP contribution in [0.1, 0.15) is 24.6 Å². The van der Waals surface area contributed by atoms with Crippen molar-refractivity contribution in [3.63, 3.8) is 0 Å². The second-order valence-electron chi connectivity index (χ2n) is 11.2. The van der Waals surface area contributed by atoms with Gasteiger partial charge in [-0.05, 0) is 36.4 Å². The number of benzene rings is 1. The van der Waals surface area contributed by atoms with E-state index in [1.807, 2.05) is 35.2 Å². The van der Waals surface area contributed by atoms with Crippen molar-refractivity contribution in [1.29, 1.82) is 5.41 Å². The monoisotopic (exact) mass is 548 g/mol. The number of H-pyrrole nitrogens is 1. The van der Waals surface area contributed by atoms with Gasteiger partial charge in [-0.25, -0.2) is 4.98 Å². The molecule has 2 aromatic heterocycles. The Kier molecular flexibility index (Phi) is 9.66. The maximum absolute atomic E-state index is 11.6. The lowest BCUT2D eigenvalue weighted by Gasteiger charge is -2.33. The van der Waals surface area contributed by atoms with E-state index in [0.29, 0.717) is 31.4 Å². The SMILES string of the molecule is CC(=O)N1CCN(Cc2cc3cc(Oc4ccc(C(CC=N)=NCOCC[Si](C)(C)C)cn4)ccc3[nH]2)CC1. The summed E-state index contributed by atoms with van der Waals surface area (Å²) in [6, 6.07) is 13.0. The molecule has 1 aliphatic rings. The number of rotatable bonds is 12. The Hall–Kier alpha value is -3.34. The zero-order valence-corrected chi connectivity index (χ0v) is 24.5. The summed E-state index contributed by atoms with van der Waals surface area (Å²) >= 11 is 0. The molecule has 1 amide bonds. The van der Waals surface area contributed by atoms with Crippen molar-refractivity contribution in [3.8, 4) is 11.6 Å². The smallest absolute Gasteiger partial charge is 0.219 e. The Bertz CT molecular complexity index is 1290. The van der Waals surface area contributed by atoms with Crippen molar-refractivity contribution in [2.75, 3.05) is 39.5 Å². The van der Waals surface area contributed by atoms with Crippen molar-refractivity contribution in [2.24, 2.45) is 4.99 Å². The highest BCUT2D eigenvalue weighted by molar-refractivity contribution is 6.76. The number of pyridine rings is 1. The van der Waals surface area contributed by atoms with Gasteiger partial charge in [0.15, 0.2) is 0 Å². The minimum atomic E-state index is -1.13. The number of carbonyl (C=O) groups is 1. The molecule has 4 rings (SSSR count). The predicted molar refractivity (Wildman–Crippen MR) is 159 cm³/mol. The lowest BCUT2D eigenvalue weighted by Crippen LogP contribution is -2.47. The Morgan fingerprint density at radius 3 is 2.62 bits per heavy atom. The summed E-state index contributed by atoms with van der Waals surface area (Å²) in [5, 5.41) is 8.61. The number of nitrogens with zero attached hydrogens (tertiary/aromatic N) is 4. The number of carbonyl (C=O) groups excluding carboxylic acids is 1. The first kappa shape index (κ1) is 28.7. The predicted octanol–water partition coefficient (Wildman–Crippen LogP) is 5.16. The van der Waals surface area contributed by atoms with Crippen LogP contribution in [0.5, 0.6) is 11.6 Å². The van der Waals surface area contributed by atoms with Gasteiger partial charge in [0.05, 0.1) is 5.71 Å². The molecule has 0 aliphatic carbocycles. The molecule has 0 atom stereocenters. The molecule has 0 bridgehead atoms. The van der Waals surface area contributed by atoms with Crippen LogP contribution in [0.4, 0.5) is 0 Å². The topological polar surface area (TPSA) is 107 Å². The van der Waals surface area contributed by atoms with Crippen LogP contribution in [-0.2, 0) is 16.1 Å². The number of hydrogen-bond donors (Lipinski definition) is 2. The van der Waals surface area contributed by atoms with Crippen LogP contribution in [0.3, 0.4) is 0 Å². The molecular formula is C29H40N6O3Si. The second-order valence-corrected chi connectivity index (χ2v) is 16.8. The molecular weight excluding hydrogens is 508 g/mol. The molecule has 3 aromatic rings. The number of nitrogens with one attached hydrogen (secondary N) is 2. The fraction of sp³-hybridized carbons (Fsp3) is 0.448. The van der Waals surface area contributed by atoms with Gasteiger partial charge >= 0.3 is 0 Å². The van der Waals surface area contributed by atoms with Crippen LogP contribution in [0.15, 0.2) is 47.6 Å². The Labute approximate surface area is 231 Å². The Morgan fingerprint density at radius 2 is 1.95 bits per heavy atom. The van der Waals surface area contributed by atoms with Gasteiger partial charge < -0.3 is 24.8 Å². The summed E-state index contributed by atoms with van der Waals surface area (Å²) in [5.41, 5.74) is 3.83. The molecule has 3 heterocycles. The number of amides is 1. The van der Waals surface area contributed by atoms with Crippen LogP contribution in [0.25, 0.3) is 10.9 Å². The molecule has 208 valence electrons. The van der Waals surface area contributed by atoms with Gasteiger partial charge in [-0.2, -0.15) is 0 Å².